The van der Waals surface area contributed by atoms with Crippen LogP contribution in [-0.2, 0) is 6.42 Å². The first kappa shape index (κ1) is 21.6. The van der Waals surface area contributed by atoms with Gasteiger partial charge in [0.2, 0.25) is 0 Å². The van der Waals surface area contributed by atoms with E-state index < -0.39 is 10.7 Å². The Morgan fingerprint density at radius 2 is 1.74 bits per heavy atom. The highest BCUT2D eigenvalue weighted by molar-refractivity contribution is 6.15. The van der Waals surface area contributed by atoms with E-state index in [1.54, 1.807) is 49.5 Å². The van der Waals surface area contributed by atoms with Crippen LogP contribution in [-0.4, -0.2) is 42.2 Å². The summed E-state index contributed by atoms with van der Waals surface area (Å²) in [5, 5.41) is 14.2. The molecule has 0 spiro atoms. The van der Waals surface area contributed by atoms with E-state index in [1.165, 1.54) is 18.2 Å². The normalized spacial score (nSPS) is 10.4. The maximum atomic E-state index is 13.1. The first-order chi connectivity index (χ1) is 14.9. The molecule has 0 aliphatic heterocycles. The summed E-state index contributed by atoms with van der Waals surface area (Å²) in [5.74, 6) is -0.844. The van der Waals surface area contributed by atoms with Crippen molar-refractivity contribution in [2.24, 2.45) is 0 Å². The van der Waals surface area contributed by atoms with E-state index in [-0.39, 0.29) is 28.3 Å². The Hall–Kier alpha value is -4.07. The summed E-state index contributed by atoms with van der Waals surface area (Å²) in [6.07, 6.45) is 2.24. The summed E-state index contributed by atoms with van der Waals surface area (Å²) in [5.41, 5.74) is 1.61. The van der Waals surface area contributed by atoms with Crippen molar-refractivity contribution in [3.8, 4) is 0 Å². The molecule has 0 saturated heterocycles. The molecule has 0 radical (unpaired) electrons. The average molecular weight is 418 g/mol. The summed E-state index contributed by atoms with van der Waals surface area (Å²) in [7, 11) is 3.38. The van der Waals surface area contributed by atoms with Gasteiger partial charge in [-0.2, -0.15) is 0 Å². The van der Waals surface area contributed by atoms with Gasteiger partial charge in [0.25, 0.3) is 11.6 Å². The SMILES string of the molecule is CN(C)c1ccc(C(=O)c2ccccc2C(=O)NCCc2ccccn2)cc1[N+](=O)[O-]. The van der Waals surface area contributed by atoms with Crippen LogP contribution in [0.25, 0.3) is 0 Å². The van der Waals surface area contributed by atoms with Gasteiger partial charge in [-0.3, -0.25) is 24.7 Å². The quantitative estimate of drug-likeness (QED) is 0.342. The van der Waals surface area contributed by atoms with Crippen LogP contribution in [0.1, 0.15) is 32.0 Å². The highest BCUT2D eigenvalue weighted by Gasteiger charge is 2.22. The first-order valence-corrected chi connectivity index (χ1v) is 9.66. The molecule has 8 heteroatoms. The number of ketones is 1. The summed E-state index contributed by atoms with van der Waals surface area (Å²) >= 11 is 0. The predicted molar refractivity (Wildman–Crippen MR) is 118 cm³/mol. The maximum Gasteiger partial charge on any atom is 0.293 e. The van der Waals surface area contributed by atoms with Crippen LogP contribution in [0.2, 0.25) is 0 Å². The van der Waals surface area contributed by atoms with Gasteiger partial charge in [0, 0.05) is 56.1 Å². The number of nitrogens with one attached hydrogen (secondary N) is 1. The van der Waals surface area contributed by atoms with Crippen molar-refractivity contribution in [3.05, 3.63) is 99.4 Å². The largest absolute Gasteiger partial charge is 0.372 e. The fraction of sp³-hybridized carbons (Fsp3) is 0.174. The lowest BCUT2D eigenvalue weighted by molar-refractivity contribution is -0.384. The minimum Gasteiger partial charge on any atom is -0.372 e. The number of nitrogens with zero attached hydrogens (tertiary/aromatic N) is 3. The van der Waals surface area contributed by atoms with Crippen molar-refractivity contribution in [1.82, 2.24) is 10.3 Å². The molecule has 0 aliphatic rings. The van der Waals surface area contributed by atoms with Gasteiger partial charge in [0.15, 0.2) is 5.78 Å². The summed E-state index contributed by atoms with van der Waals surface area (Å²) in [6.45, 7) is 0.362. The molecule has 0 bridgehead atoms. The molecule has 0 unspecified atom stereocenters. The lowest BCUT2D eigenvalue weighted by atomic mass is 9.97. The molecule has 3 rings (SSSR count). The fourth-order valence-electron chi connectivity index (χ4n) is 3.17. The molecule has 8 nitrogen and oxygen atoms in total. The maximum absolute atomic E-state index is 13.1. The number of anilines is 1. The van der Waals surface area contributed by atoms with Crippen LogP contribution in [0.15, 0.2) is 66.9 Å². The number of hydrogen-bond donors (Lipinski definition) is 1. The van der Waals surface area contributed by atoms with Crippen LogP contribution < -0.4 is 10.2 Å². The van der Waals surface area contributed by atoms with Gasteiger partial charge in [-0.15, -0.1) is 0 Å². The van der Waals surface area contributed by atoms with E-state index in [0.717, 1.165) is 5.69 Å². The van der Waals surface area contributed by atoms with Crippen LogP contribution in [0.5, 0.6) is 0 Å². The molecule has 2 aromatic carbocycles. The molecule has 0 atom stereocenters. The Balaban J connectivity index is 1.82. The second kappa shape index (κ2) is 9.62. The number of carbonyl (C=O) groups is 2. The third kappa shape index (κ3) is 5.11. The number of hydrogen-bond acceptors (Lipinski definition) is 6. The second-order valence-electron chi connectivity index (χ2n) is 7.06. The Kier molecular flexibility index (Phi) is 6.71. The van der Waals surface area contributed by atoms with Crippen molar-refractivity contribution >= 4 is 23.1 Å². The lowest BCUT2D eigenvalue weighted by Gasteiger charge is -2.14. The first-order valence-electron chi connectivity index (χ1n) is 9.66. The number of carbonyl (C=O) groups excluding carboxylic acids is 2. The van der Waals surface area contributed by atoms with E-state index in [1.807, 2.05) is 18.2 Å². The van der Waals surface area contributed by atoms with Crippen LogP contribution in [0, 0.1) is 10.1 Å². The zero-order valence-corrected chi connectivity index (χ0v) is 17.2. The molecule has 0 aliphatic carbocycles. The number of benzene rings is 2. The molecule has 3 aromatic rings. The minimum atomic E-state index is -0.525. The van der Waals surface area contributed by atoms with E-state index in [2.05, 4.69) is 10.3 Å². The van der Waals surface area contributed by atoms with Gasteiger partial charge in [-0.25, -0.2) is 0 Å². The smallest absolute Gasteiger partial charge is 0.293 e. The summed E-state index contributed by atoms with van der Waals surface area (Å²) < 4.78 is 0. The number of amides is 1. The number of pyridine rings is 1. The fourth-order valence-corrected chi connectivity index (χ4v) is 3.17. The Bertz CT molecular complexity index is 1110. The number of nitro groups is 1. The molecule has 0 saturated carbocycles. The van der Waals surface area contributed by atoms with E-state index in [9.17, 15) is 19.7 Å². The standard InChI is InChI=1S/C23H22N4O4/c1-26(2)20-11-10-16(15-21(20)27(30)31)22(28)18-8-3-4-9-19(18)23(29)25-14-12-17-7-5-6-13-24-17/h3-11,13,15H,12,14H2,1-2H3,(H,25,29). The van der Waals surface area contributed by atoms with Gasteiger partial charge in [-0.05, 0) is 30.3 Å². The molecule has 1 heterocycles. The molecule has 158 valence electrons. The van der Waals surface area contributed by atoms with Gasteiger partial charge >= 0.3 is 0 Å². The third-order valence-electron chi connectivity index (χ3n) is 4.73. The van der Waals surface area contributed by atoms with Crippen LogP contribution in [0.4, 0.5) is 11.4 Å². The molecule has 0 fully saturated rings. The lowest BCUT2D eigenvalue weighted by Crippen LogP contribution is -2.27. The van der Waals surface area contributed by atoms with E-state index >= 15 is 0 Å². The van der Waals surface area contributed by atoms with Crippen LogP contribution >= 0.6 is 0 Å². The van der Waals surface area contributed by atoms with Crippen molar-refractivity contribution in [1.29, 1.82) is 0 Å². The van der Waals surface area contributed by atoms with Crippen molar-refractivity contribution in [3.63, 3.8) is 0 Å². The topological polar surface area (TPSA) is 105 Å². The zero-order chi connectivity index (χ0) is 22.4. The van der Waals surface area contributed by atoms with Gasteiger partial charge in [0.1, 0.15) is 5.69 Å². The number of rotatable bonds is 8. The monoisotopic (exact) mass is 418 g/mol. The number of aromatic nitrogens is 1. The van der Waals surface area contributed by atoms with Crippen molar-refractivity contribution in [2.45, 2.75) is 6.42 Å². The summed E-state index contributed by atoms with van der Waals surface area (Å²) in [4.78, 5) is 42.5. The van der Waals surface area contributed by atoms with Crippen LogP contribution in [0.3, 0.4) is 0 Å². The van der Waals surface area contributed by atoms with Gasteiger partial charge < -0.3 is 10.2 Å². The van der Waals surface area contributed by atoms with Crippen molar-refractivity contribution < 1.29 is 14.5 Å². The molecule has 1 amide bonds. The molecule has 1 N–H and O–H groups in total. The van der Waals surface area contributed by atoms with E-state index in [4.69, 9.17) is 0 Å². The zero-order valence-electron chi connectivity index (χ0n) is 17.2. The highest BCUT2D eigenvalue weighted by atomic mass is 16.6. The Morgan fingerprint density at radius 1 is 1.03 bits per heavy atom. The molecular weight excluding hydrogens is 396 g/mol. The van der Waals surface area contributed by atoms with Gasteiger partial charge in [-0.1, -0.05) is 24.3 Å². The second-order valence-corrected chi connectivity index (χ2v) is 7.06. The Labute approximate surface area is 179 Å². The van der Waals surface area contributed by atoms with Crippen molar-refractivity contribution in [2.75, 3.05) is 25.5 Å². The average Bonchev–Trinajstić information content (AvgIpc) is 2.78. The third-order valence-corrected chi connectivity index (χ3v) is 4.73. The summed E-state index contributed by atoms with van der Waals surface area (Å²) in [6, 6.07) is 16.3. The minimum absolute atomic E-state index is 0.144. The highest BCUT2D eigenvalue weighted by Crippen LogP contribution is 2.29. The Morgan fingerprint density at radius 3 is 2.39 bits per heavy atom. The number of nitro benzene ring substituents is 1. The van der Waals surface area contributed by atoms with Gasteiger partial charge in [0.05, 0.1) is 10.5 Å². The van der Waals surface area contributed by atoms with E-state index in [0.29, 0.717) is 18.7 Å². The molecule has 1 aromatic heterocycles. The molecule has 31 heavy (non-hydrogen) atoms. The predicted octanol–water partition coefficient (Wildman–Crippen LogP) is 3.26. The molecular formula is C23H22N4O4.